The monoisotopic (exact) mass is 358 g/mol. The summed E-state index contributed by atoms with van der Waals surface area (Å²) in [6, 6.07) is 11.0. The van der Waals surface area contributed by atoms with E-state index in [1.165, 1.54) is 0 Å². The largest absolute Gasteiger partial charge is 0.481 e. The minimum Gasteiger partial charge on any atom is -0.481 e. The van der Waals surface area contributed by atoms with Gasteiger partial charge < -0.3 is 14.2 Å². The molecular weight excluding hydrogens is 332 g/mol. The van der Waals surface area contributed by atoms with Gasteiger partial charge in [0.1, 0.15) is 22.5 Å². The summed E-state index contributed by atoms with van der Waals surface area (Å²) in [5, 5.41) is 1.60. The van der Waals surface area contributed by atoms with Crippen molar-refractivity contribution in [2.45, 2.75) is 52.7 Å². The van der Waals surface area contributed by atoms with Crippen molar-refractivity contribution in [1.82, 2.24) is 0 Å². The van der Waals surface area contributed by atoms with Crippen LogP contribution in [0.2, 0.25) is 0 Å². The lowest BCUT2D eigenvalue weighted by Crippen LogP contribution is -2.28. The van der Waals surface area contributed by atoms with Crippen molar-refractivity contribution in [3.05, 3.63) is 42.0 Å². The molecule has 0 saturated carbocycles. The Bertz CT molecular complexity index is 809. The molecule has 0 amide bonds. The van der Waals surface area contributed by atoms with Crippen LogP contribution in [0.25, 0.3) is 10.8 Å². The maximum Gasteiger partial charge on any atom is 0.344 e. The molecule has 0 spiro atoms. The van der Waals surface area contributed by atoms with Crippen LogP contribution in [-0.2, 0) is 14.3 Å². The molecule has 0 unspecified atom stereocenters. The molecule has 0 aliphatic rings. The number of hydrogen-bond acceptors (Lipinski definition) is 5. The van der Waals surface area contributed by atoms with Crippen LogP contribution in [0.15, 0.2) is 36.4 Å². The van der Waals surface area contributed by atoms with Gasteiger partial charge in [0.05, 0.1) is 0 Å². The van der Waals surface area contributed by atoms with Crippen LogP contribution in [0.1, 0.15) is 51.9 Å². The SMILES string of the molecule is CC(C)(C)OC(=O)COc1ccc2ccccc2c1C(=O)OC(C)(C)C. The number of carbonyl (C=O) groups is 2. The topological polar surface area (TPSA) is 61.8 Å². The van der Waals surface area contributed by atoms with Gasteiger partial charge in [-0.2, -0.15) is 0 Å². The van der Waals surface area contributed by atoms with E-state index >= 15 is 0 Å². The van der Waals surface area contributed by atoms with Crippen LogP contribution in [-0.4, -0.2) is 29.7 Å². The summed E-state index contributed by atoms with van der Waals surface area (Å²) in [5.41, 5.74) is -0.935. The third-order valence-electron chi connectivity index (χ3n) is 3.26. The lowest BCUT2D eigenvalue weighted by molar-refractivity contribution is -0.157. The second-order valence-corrected chi connectivity index (χ2v) is 8.04. The molecule has 0 bridgehead atoms. The molecule has 0 radical (unpaired) electrons. The van der Waals surface area contributed by atoms with E-state index < -0.39 is 23.1 Å². The maximum absolute atomic E-state index is 12.8. The second kappa shape index (κ2) is 7.36. The van der Waals surface area contributed by atoms with Gasteiger partial charge in [-0.25, -0.2) is 9.59 Å². The lowest BCUT2D eigenvalue weighted by Gasteiger charge is -2.22. The first kappa shape index (κ1) is 19.8. The minimum absolute atomic E-state index is 0.286. The van der Waals surface area contributed by atoms with E-state index in [9.17, 15) is 9.59 Å². The Morgan fingerprint density at radius 3 is 2.08 bits per heavy atom. The molecule has 2 aromatic carbocycles. The third-order valence-corrected chi connectivity index (χ3v) is 3.26. The van der Waals surface area contributed by atoms with E-state index in [1.807, 2.05) is 30.3 Å². The summed E-state index contributed by atoms with van der Waals surface area (Å²) in [6.07, 6.45) is 0. The zero-order valence-corrected chi connectivity index (χ0v) is 16.2. The van der Waals surface area contributed by atoms with Crippen molar-refractivity contribution in [2.24, 2.45) is 0 Å². The first-order valence-electron chi connectivity index (χ1n) is 8.56. The van der Waals surface area contributed by atoms with E-state index in [1.54, 1.807) is 47.6 Å². The van der Waals surface area contributed by atoms with Crippen LogP contribution in [0, 0.1) is 0 Å². The number of benzene rings is 2. The molecule has 26 heavy (non-hydrogen) atoms. The maximum atomic E-state index is 12.8. The normalized spacial score (nSPS) is 11.9. The number of esters is 2. The van der Waals surface area contributed by atoms with Gasteiger partial charge in [0.25, 0.3) is 0 Å². The van der Waals surface area contributed by atoms with Gasteiger partial charge in [0, 0.05) is 0 Å². The number of ether oxygens (including phenoxy) is 3. The van der Waals surface area contributed by atoms with Gasteiger partial charge in [-0.15, -0.1) is 0 Å². The molecule has 0 N–H and O–H groups in total. The molecule has 5 heteroatoms. The molecule has 0 saturated heterocycles. The van der Waals surface area contributed by atoms with E-state index in [0.717, 1.165) is 5.39 Å². The highest BCUT2D eigenvalue weighted by Gasteiger charge is 2.24. The summed E-state index contributed by atoms with van der Waals surface area (Å²) in [6.45, 7) is 10.5. The van der Waals surface area contributed by atoms with Crippen molar-refractivity contribution in [3.63, 3.8) is 0 Å². The standard InChI is InChI=1S/C21H26O5/c1-20(2,3)25-17(22)13-24-16-12-11-14-9-7-8-10-15(14)18(16)19(23)26-21(4,5)6/h7-12H,13H2,1-6H3. The quantitative estimate of drug-likeness (QED) is 0.752. The van der Waals surface area contributed by atoms with Gasteiger partial charge in [0.15, 0.2) is 6.61 Å². The molecule has 140 valence electrons. The highest BCUT2D eigenvalue weighted by atomic mass is 16.6. The summed E-state index contributed by atoms with van der Waals surface area (Å²) >= 11 is 0. The smallest absolute Gasteiger partial charge is 0.344 e. The predicted octanol–water partition coefficient (Wildman–Crippen LogP) is 4.52. The van der Waals surface area contributed by atoms with Crippen molar-refractivity contribution in [2.75, 3.05) is 6.61 Å². The highest BCUT2D eigenvalue weighted by molar-refractivity contribution is 6.07. The fourth-order valence-corrected chi connectivity index (χ4v) is 2.42. The van der Waals surface area contributed by atoms with Gasteiger partial charge >= 0.3 is 11.9 Å². The zero-order chi connectivity index (χ0) is 19.5. The molecule has 2 rings (SSSR count). The van der Waals surface area contributed by atoms with Crippen molar-refractivity contribution in [1.29, 1.82) is 0 Å². The average molecular weight is 358 g/mol. The van der Waals surface area contributed by atoms with Gasteiger partial charge in [-0.3, -0.25) is 0 Å². The Hall–Kier alpha value is -2.56. The molecule has 0 aliphatic heterocycles. The van der Waals surface area contributed by atoms with E-state index in [-0.39, 0.29) is 6.61 Å². The van der Waals surface area contributed by atoms with Gasteiger partial charge in [-0.05, 0) is 58.4 Å². The molecule has 0 aromatic heterocycles. The molecular formula is C21H26O5. The molecule has 0 heterocycles. The fourth-order valence-electron chi connectivity index (χ4n) is 2.42. The van der Waals surface area contributed by atoms with Crippen LogP contribution in [0.5, 0.6) is 5.75 Å². The zero-order valence-electron chi connectivity index (χ0n) is 16.2. The Kier molecular flexibility index (Phi) is 5.59. The molecule has 0 aliphatic carbocycles. The van der Waals surface area contributed by atoms with Crippen molar-refractivity contribution >= 4 is 22.7 Å². The van der Waals surface area contributed by atoms with E-state index in [4.69, 9.17) is 14.2 Å². The lowest BCUT2D eigenvalue weighted by atomic mass is 10.0. The van der Waals surface area contributed by atoms with Crippen LogP contribution in [0.3, 0.4) is 0 Å². The van der Waals surface area contributed by atoms with Crippen LogP contribution >= 0.6 is 0 Å². The Balaban J connectivity index is 2.35. The Labute approximate surface area is 154 Å². The molecule has 0 atom stereocenters. The summed E-state index contributed by atoms with van der Waals surface area (Å²) in [5.74, 6) is -0.696. The number of hydrogen-bond donors (Lipinski definition) is 0. The second-order valence-electron chi connectivity index (χ2n) is 8.04. The van der Waals surface area contributed by atoms with Crippen LogP contribution < -0.4 is 4.74 Å². The van der Waals surface area contributed by atoms with E-state index in [0.29, 0.717) is 16.7 Å². The number of fused-ring (bicyclic) bond motifs is 1. The molecule has 5 nitrogen and oxygen atoms in total. The van der Waals surface area contributed by atoms with Crippen molar-refractivity contribution < 1.29 is 23.8 Å². The van der Waals surface area contributed by atoms with Crippen molar-refractivity contribution in [3.8, 4) is 5.75 Å². The van der Waals surface area contributed by atoms with E-state index in [2.05, 4.69) is 0 Å². The molecule has 0 fully saturated rings. The predicted molar refractivity (Wildman–Crippen MR) is 100 cm³/mol. The first-order valence-corrected chi connectivity index (χ1v) is 8.56. The first-order chi connectivity index (χ1) is 12.0. The van der Waals surface area contributed by atoms with Gasteiger partial charge in [-0.1, -0.05) is 30.3 Å². The highest BCUT2D eigenvalue weighted by Crippen LogP contribution is 2.30. The Morgan fingerprint density at radius 1 is 0.846 bits per heavy atom. The third kappa shape index (κ3) is 5.48. The minimum atomic E-state index is -0.642. The fraction of sp³-hybridized carbons (Fsp3) is 0.429. The Morgan fingerprint density at radius 2 is 1.46 bits per heavy atom. The molecule has 2 aromatic rings. The number of rotatable bonds is 4. The summed E-state index contributed by atoms with van der Waals surface area (Å²) in [7, 11) is 0. The average Bonchev–Trinajstić information content (AvgIpc) is 2.48. The summed E-state index contributed by atoms with van der Waals surface area (Å²) < 4.78 is 16.4. The number of carbonyl (C=O) groups excluding carboxylic acids is 2. The van der Waals surface area contributed by atoms with Gasteiger partial charge in [0.2, 0.25) is 0 Å². The van der Waals surface area contributed by atoms with Crippen LogP contribution in [0.4, 0.5) is 0 Å². The summed E-state index contributed by atoms with van der Waals surface area (Å²) in [4.78, 5) is 24.7.